The Morgan fingerprint density at radius 2 is 2.19 bits per heavy atom. The van der Waals surface area contributed by atoms with E-state index in [1.165, 1.54) is 11.3 Å². The molecule has 0 aliphatic rings. The molecule has 8 heteroatoms. The second-order valence-corrected chi connectivity index (χ2v) is 6.30. The minimum atomic E-state index is -0.758. The fraction of sp³-hybridized carbons (Fsp3) is 0.167. The summed E-state index contributed by atoms with van der Waals surface area (Å²) in [5.74, 6) is -0.387. The normalized spacial score (nSPS) is 10.5. The number of H-pyrrole nitrogens is 1. The van der Waals surface area contributed by atoms with Crippen molar-refractivity contribution in [1.29, 1.82) is 0 Å². The summed E-state index contributed by atoms with van der Waals surface area (Å²) in [5, 5.41) is 14.4. The fourth-order valence-corrected chi connectivity index (χ4v) is 3.00. The highest BCUT2D eigenvalue weighted by molar-refractivity contribution is 7.13. The van der Waals surface area contributed by atoms with Crippen LogP contribution in [0.25, 0.3) is 10.7 Å². The van der Waals surface area contributed by atoms with Gasteiger partial charge in [-0.15, -0.1) is 11.3 Å². The smallest absolute Gasteiger partial charge is 0.294 e. The predicted molar refractivity (Wildman–Crippen MR) is 98.6 cm³/mol. The summed E-state index contributed by atoms with van der Waals surface area (Å²) in [7, 11) is 0. The van der Waals surface area contributed by atoms with Crippen molar-refractivity contribution in [2.45, 2.75) is 13.5 Å². The molecular formula is C18H17N3O4S. The number of amides is 1. The van der Waals surface area contributed by atoms with Crippen LogP contribution in [-0.4, -0.2) is 27.6 Å². The number of carbonyl (C=O) groups excluding carboxylic acids is 1. The summed E-state index contributed by atoms with van der Waals surface area (Å²) < 4.78 is 5.42. The third-order valence-electron chi connectivity index (χ3n) is 3.53. The number of nitrogens with one attached hydrogen (secondary N) is 2. The van der Waals surface area contributed by atoms with Gasteiger partial charge in [-0.3, -0.25) is 9.59 Å². The van der Waals surface area contributed by atoms with Crippen molar-refractivity contribution < 1.29 is 14.6 Å². The molecule has 3 N–H and O–H groups in total. The fourth-order valence-electron chi connectivity index (χ4n) is 2.33. The summed E-state index contributed by atoms with van der Waals surface area (Å²) >= 11 is 1.37. The van der Waals surface area contributed by atoms with Gasteiger partial charge in [0, 0.05) is 6.54 Å². The predicted octanol–water partition coefficient (Wildman–Crippen LogP) is 2.53. The molecular weight excluding hydrogens is 354 g/mol. The van der Waals surface area contributed by atoms with Crippen molar-refractivity contribution in [3.63, 3.8) is 0 Å². The molecule has 2 heterocycles. The first-order chi connectivity index (χ1) is 12.6. The number of aromatic nitrogens is 2. The van der Waals surface area contributed by atoms with Gasteiger partial charge in [0.2, 0.25) is 5.75 Å². The molecule has 7 nitrogen and oxygen atoms in total. The standard InChI is InChI=1S/C18H17N3O4S/c1-2-25-12-6-3-5-11(9-12)10-19-17(23)14-15(22)18(24)21-16(20-14)13-7-4-8-26-13/h3-9,22H,2,10H2,1H3,(H,19,23)(H,20,21,24). The Labute approximate surface area is 153 Å². The molecule has 3 aromatic rings. The van der Waals surface area contributed by atoms with Crippen molar-refractivity contribution in [2.75, 3.05) is 6.61 Å². The van der Waals surface area contributed by atoms with Gasteiger partial charge in [0.25, 0.3) is 11.5 Å². The SMILES string of the molecule is CCOc1cccc(CNC(=O)c2nc(-c3cccs3)[nH]c(=O)c2O)c1. The molecule has 0 aliphatic carbocycles. The maximum atomic E-state index is 12.4. The number of thiophene rings is 1. The number of ether oxygens (including phenoxy) is 1. The van der Waals surface area contributed by atoms with E-state index in [-0.39, 0.29) is 18.1 Å². The van der Waals surface area contributed by atoms with Gasteiger partial charge in [-0.1, -0.05) is 18.2 Å². The maximum Gasteiger partial charge on any atom is 0.294 e. The summed E-state index contributed by atoms with van der Waals surface area (Å²) in [6.07, 6.45) is 0. The number of benzene rings is 1. The molecule has 3 rings (SSSR count). The average Bonchev–Trinajstić information content (AvgIpc) is 3.17. The largest absolute Gasteiger partial charge is 0.501 e. The number of rotatable bonds is 6. The number of carbonyl (C=O) groups is 1. The molecule has 1 aromatic carbocycles. The quantitative estimate of drug-likeness (QED) is 0.618. The number of aromatic amines is 1. The van der Waals surface area contributed by atoms with Crippen LogP contribution < -0.4 is 15.6 Å². The molecule has 0 fully saturated rings. The van der Waals surface area contributed by atoms with Gasteiger partial charge < -0.3 is 20.1 Å². The lowest BCUT2D eigenvalue weighted by atomic mass is 10.2. The van der Waals surface area contributed by atoms with Crippen molar-refractivity contribution in [2.24, 2.45) is 0 Å². The van der Waals surface area contributed by atoms with Crippen molar-refractivity contribution in [1.82, 2.24) is 15.3 Å². The van der Waals surface area contributed by atoms with E-state index in [1.54, 1.807) is 12.1 Å². The van der Waals surface area contributed by atoms with E-state index in [9.17, 15) is 14.7 Å². The third-order valence-corrected chi connectivity index (χ3v) is 4.40. The molecule has 0 spiro atoms. The number of nitrogens with zero attached hydrogens (tertiary/aromatic N) is 1. The van der Waals surface area contributed by atoms with Gasteiger partial charge in [-0.05, 0) is 36.1 Å². The van der Waals surface area contributed by atoms with Crippen LogP contribution in [0.5, 0.6) is 11.5 Å². The molecule has 2 aromatic heterocycles. The Morgan fingerprint density at radius 3 is 2.92 bits per heavy atom. The minimum Gasteiger partial charge on any atom is -0.501 e. The van der Waals surface area contributed by atoms with E-state index in [0.717, 1.165) is 5.56 Å². The van der Waals surface area contributed by atoms with Gasteiger partial charge >= 0.3 is 0 Å². The molecule has 0 unspecified atom stereocenters. The number of hydrogen-bond acceptors (Lipinski definition) is 6. The van der Waals surface area contributed by atoms with Gasteiger partial charge in [0.05, 0.1) is 11.5 Å². The summed E-state index contributed by atoms with van der Waals surface area (Å²) in [6, 6.07) is 10.9. The Bertz CT molecular complexity index is 967. The van der Waals surface area contributed by atoms with Crippen LogP contribution in [0.2, 0.25) is 0 Å². The lowest BCUT2D eigenvalue weighted by Crippen LogP contribution is -2.26. The zero-order valence-corrected chi connectivity index (χ0v) is 14.8. The van der Waals surface area contributed by atoms with E-state index in [0.29, 0.717) is 17.2 Å². The molecule has 0 saturated heterocycles. The Balaban J connectivity index is 1.79. The highest BCUT2D eigenvalue weighted by atomic mass is 32.1. The van der Waals surface area contributed by atoms with Crippen LogP contribution in [0.4, 0.5) is 0 Å². The Kier molecular flexibility index (Phi) is 5.33. The van der Waals surface area contributed by atoms with E-state index < -0.39 is 17.2 Å². The summed E-state index contributed by atoms with van der Waals surface area (Å²) in [4.78, 5) is 31.6. The molecule has 0 bridgehead atoms. The molecule has 1 amide bonds. The Hall–Kier alpha value is -3.13. The Morgan fingerprint density at radius 1 is 1.35 bits per heavy atom. The van der Waals surface area contributed by atoms with Crippen molar-refractivity contribution in [3.05, 3.63) is 63.4 Å². The van der Waals surface area contributed by atoms with Crippen LogP contribution in [0.1, 0.15) is 23.0 Å². The minimum absolute atomic E-state index is 0.210. The molecule has 0 saturated carbocycles. The first-order valence-corrected chi connectivity index (χ1v) is 8.83. The first kappa shape index (κ1) is 17.7. The summed E-state index contributed by atoms with van der Waals surface area (Å²) in [6.45, 7) is 2.65. The van der Waals surface area contributed by atoms with Gasteiger partial charge in [0.1, 0.15) is 5.75 Å². The van der Waals surface area contributed by atoms with E-state index in [1.807, 2.05) is 36.6 Å². The number of hydrogen-bond donors (Lipinski definition) is 3. The zero-order valence-electron chi connectivity index (χ0n) is 14.0. The topological polar surface area (TPSA) is 104 Å². The number of aromatic hydroxyl groups is 1. The lowest BCUT2D eigenvalue weighted by molar-refractivity contribution is 0.0942. The monoisotopic (exact) mass is 371 g/mol. The van der Waals surface area contributed by atoms with E-state index in [4.69, 9.17) is 4.74 Å². The highest BCUT2D eigenvalue weighted by Gasteiger charge is 2.18. The van der Waals surface area contributed by atoms with Crippen LogP contribution in [0.3, 0.4) is 0 Å². The molecule has 0 aliphatic heterocycles. The van der Waals surface area contributed by atoms with E-state index >= 15 is 0 Å². The molecule has 0 radical (unpaired) electrons. The van der Waals surface area contributed by atoms with Crippen LogP contribution in [-0.2, 0) is 6.54 Å². The third kappa shape index (κ3) is 3.92. The van der Waals surface area contributed by atoms with E-state index in [2.05, 4.69) is 15.3 Å². The molecule has 134 valence electrons. The van der Waals surface area contributed by atoms with Crippen LogP contribution in [0.15, 0.2) is 46.6 Å². The van der Waals surface area contributed by atoms with Gasteiger partial charge in [-0.2, -0.15) is 0 Å². The van der Waals surface area contributed by atoms with Crippen molar-refractivity contribution >= 4 is 17.2 Å². The first-order valence-electron chi connectivity index (χ1n) is 7.95. The summed E-state index contributed by atoms with van der Waals surface area (Å²) in [5.41, 5.74) is -0.239. The molecule has 0 atom stereocenters. The highest BCUT2D eigenvalue weighted by Crippen LogP contribution is 2.22. The molecule has 26 heavy (non-hydrogen) atoms. The maximum absolute atomic E-state index is 12.4. The average molecular weight is 371 g/mol. The zero-order chi connectivity index (χ0) is 18.5. The second kappa shape index (κ2) is 7.83. The second-order valence-electron chi connectivity index (χ2n) is 5.35. The van der Waals surface area contributed by atoms with Crippen molar-refractivity contribution in [3.8, 4) is 22.2 Å². The lowest BCUT2D eigenvalue weighted by Gasteiger charge is -2.09. The van der Waals surface area contributed by atoms with Crippen LogP contribution >= 0.6 is 11.3 Å². The van der Waals surface area contributed by atoms with Crippen LogP contribution in [0, 0.1) is 0 Å². The van der Waals surface area contributed by atoms with Gasteiger partial charge in [-0.25, -0.2) is 4.98 Å². The van der Waals surface area contributed by atoms with Gasteiger partial charge in [0.15, 0.2) is 11.5 Å².